The molecule has 0 aliphatic carbocycles. The number of aromatic nitrogens is 5. The van der Waals surface area contributed by atoms with E-state index >= 15 is 0 Å². The van der Waals surface area contributed by atoms with Crippen molar-refractivity contribution >= 4 is 11.8 Å². The molecule has 162 valence electrons. The number of ether oxygens (including phenoxy) is 1. The fourth-order valence-electron chi connectivity index (χ4n) is 3.50. The van der Waals surface area contributed by atoms with Gasteiger partial charge >= 0.3 is 5.97 Å². The fraction of sp³-hybridized carbons (Fsp3) is 0.174. The molecule has 0 radical (unpaired) electrons. The van der Waals surface area contributed by atoms with Gasteiger partial charge in [0.05, 0.1) is 11.3 Å². The normalized spacial score (nSPS) is 10.8. The third kappa shape index (κ3) is 4.31. The standard InChI is InChI=1S/C23H20FN5O3/c1-15-11-20(16(2)28(15)12-17-7-9-18(24)10-8-17)22(30)13-32-23(31)19-5-3-4-6-21(19)29-14-25-26-27-29/h3-11,14H,12-13H2,1-2H3. The summed E-state index contributed by atoms with van der Waals surface area (Å²) in [5.41, 5.74) is 3.72. The Labute approximate surface area is 183 Å². The van der Waals surface area contributed by atoms with Crippen LogP contribution >= 0.6 is 0 Å². The van der Waals surface area contributed by atoms with E-state index in [2.05, 4.69) is 15.5 Å². The van der Waals surface area contributed by atoms with Gasteiger partial charge in [-0.15, -0.1) is 5.10 Å². The van der Waals surface area contributed by atoms with Gasteiger partial charge in [0.25, 0.3) is 0 Å². The van der Waals surface area contributed by atoms with Crippen LogP contribution in [0.3, 0.4) is 0 Å². The molecule has 2 heterocycles. The van der Waals surface area contributed by atoms with E-state index in [9.17, 15) is 14.0 Å². The number of nitrogens with zero attached hydrogens (tertiary/aromatic N) is 5. The minimum Gasteiger partial charge on any atom is -0.454 e. The number of hydrogen-bond acceptors (Lipinski definition) is 6. The van der Waals surface area contributed by atoms with Crippen LogP contribution in [0.1, 0.15) is 37.7 Å². The second kappa shape index (κ2) is 8.93. The third-order valence-electron chi connectivity index (χ3n) is 5.18. The molecule has 0 aliphatic heterocycles. The lowest BCUT2D eigenvalue weighted by Gasteiger charge is -2.10. The first-order valence-electron chi connectivity index (χ1n) is 9.88. The van der Waals surface area contributed by atoms with Crippen molar-refractivity contribution in [1.82, 2.24) is 24.8 Å². The summed E-state index contributed by atoms with van der Waals surface area (Å²) in [5, 5.41) is 10.9. The van der Waals surface area contributed by atoms with E-state index in [4.69, 9.17) is 4.74 Å². The van der Waals surface area contributed by atoms with E-state index in [1.165, 1.54) is 23.1 Å². The number of ketones is 1. The molecule has 4 aromatic rings. The number of tetrazole rings is 1. The maximum absolute atomic E-state index is 13.2. The van der Waals surface area contributed by atoms with Crippen LogP contribution in [0.25, 0.3) is 5.69 Å². The highest BCUT2D eigenvalue weighted by atomic mass is 19.1. The van der Waals surface area contributed by atoms with Crippen molar-refractivity contribution in [3.63, 3.8) is 0 Å². The number of Topliss-reactive ketones (excluding diaryl/α,β-unsaturated/α-hetero) is 1. The number of para-hydroxylation sites is 1. The van der Waals surface area contributed by atoms with Crippen LogP contribution in [0.2, 0.25) is 0 Å². The average molecular weight is 433 g/mol. The van der Waals surface area contributed by atoms with Gasteiger partial charge < -0.3 is 9.30 Å². The molecule has 0 saturated heterocycles. The summed E-state index contributed by atoms with van der Waals surface area (Å²) in [6.07, 6.45) is 1.37. The molecule has 4 rings (SSSR count). The predicted octanol–water partition coefficient (Wildman–Crippen LogP) is 3.31. The van der Waals surface area contributed by atoms with E-state index in [0.29, 0.717) is 17.8 Å². The zero-order valence-corrected chi connectivity index (χ0v) is 17.5. The highest BCUT2D eigenvalue weighted by molar-refractivity contribution is 6.01. The molecule has 2 aromatic heterocycles. The molecule has 0 bridgehead atoms. The molecule has 9 heteroatoms. The van der Waals surface area contributed by atoms with Gasteiger partial charge in [-0.3, -0.25) is 4.79 Å². The summed E-state index contributed by atoms with van der Waals surface area (Å²) in [6.45, 7) is 3.83. The van der Waals surface area contributed by atoms with Gasteiger partial charge in [0.1, 0.15) is 12.1 Å². The van der Waals surface area contributed by atoms with Crippen LogP contribution in [0.4, 0.5) is 4.39 Å². The number of hydrogen-bond donors (Lipinski definition) is 0. The first-order chi connectivity index (χ1) is 15.4. The first kappa shape index (κ1) is 21.1. The first-order valence-corrected chi connectivity index (χ1v) is 9.88. The van der Waals surface area contributed by atoms with Crippen LogP contribution in [-0.4, -0.2) is 43.1 Å². The van der Waals surface area contributed by atoms with Crippen molar-refractivity contribution in [1.29, 1.82) is 0 Å². The Morgan fingerprint density at radius 3 is 2.50 bits per heavy atom. The second-order valence-electron chi connectivity index (χ2n) is 7.27. The van der Waals surface area contributed by atoms with Gasteiger partial charge in [-0.1, -0.05) is 24.3 Å². The number of carbonyl (C=O) groups is 2. The minimum atomic E-state index is -0.649. The molecule has 0 fully saturated rings. The van der Waals surface area contributed by atoms with E-state index in [-0.39, 0.29) is 17.2 Å². The lowest BCUT2D eigenvalue weighted by atomic mass is 10.1. The second-order valence-corrected chi connectivity index (χ2v) is 7.27. The Morgan fingerprint density at radius 2 is 1.78 bits per heavy atom. The van der Waals surface area contributed by atoms with E-state index in [0.717, 1.165) is 17.0 Å². The monoisotopic (exact) mass is 433 g/mol. The number of rotatable bonds is 7. The average Bonchev–Trinajstić information content (AvgIpc) is 3.43. The van der Waals surface area contributed by atoms with Crippen molar-refractivity contribution in [3.8, 4) is 5.69 Å². The van der Waals surface area contributed by atoms with E-state index < -0.39 is 12.6 Å². The maximum Gasteiger partial charge on any atom is 0.340 e. The van der Waals surface area contributed by atoms with Gasteiger partial charge in [0.15, 0.2) is 6.61 Å². The van der Waals surface area contributed by atoms with Crippen LogP contribution in [0.5, 0.6) is 0 Å². The highest BCUT2D eigenvalue weighted by Crippen LogP contribution is 2.19. The van der Waals surface area contributed by atoms with Crippen molar-refractivity contribution in [2.45, 2.75) is 20.4 Å². The third-order valence-corrected chi connectivity index (χ3v) is 5.18. The van der Waals surface area contributed by atoms with Crippen LogP contribution in [0, 0.1) is 19.7 Å². The van der Waals surface area contributed by atoms with E-state index in [1.807, 2.05) is 18.4 Å². The number of esters is 1. The van der Waals surface area contributed by atoms with Crippen molar-refractivity contribution in [3.05, 3.63) is 94.8 Å². The number of carbonyl (C=O) groups excluding carboxylic acids is 2. The Balaban J connectivity index is 1.47. The number of benzene rings is 2. The maximum atomic E-state index is 13.2. The molecular weight excluding hydrogens is 413 g/mol. The quantitative estimate of drug-likeness (QED) is 0.328. The summed E-state index contributed by atoms with van der Waals surface area (Å²) in [4.78, 5) is 25.4. The largest absolute Gasteiger partial charge is 0.454 e. The van der Waals surface area contributed by atoms with Crippen LogP contribution in [-0.2, 0) is 11.3 Å². The summed E-state index contributed by atoms with van der Waals surface area (Å²) in [7, 11) is 0. The number of halogens is 1. The fourth-order valence-corrected chi connectivity index (χ4v) is 3.50. The molecule has 0 unspecified atom stereocenters. The van der Waals surface area contributed by atoms with Crippen LogP contribution in [0.15, 0.2) is 60.9 Å². The molecule has 0 N–H and O–H groups in total. The van der Waals surface area contributed by atoms with Gasteiger partial charge in [-0.25, -0.2) is 9.18 Å². The zero-order valence-electron chi connectivity index (χ0n) is 17.5. The molecule has 0 amide bonds. The predicted molar refractivity (Wildman–Crippen MR) is 113 cm³/mol. The molecule has 0 spiro atoms. The van der Waals surface area contributed by atoms with Crippen molar-refractivity contribution in [2.75, 3.05) is 6.61 Å². The zero-order chi connectivity index (χ0) is 22.7. The Bertz CT molecular complexity index is 1260. The van der Waals surface area contributed by atoms with Gasteiger partial charge in [0.2, 0.25) is 5.78 Å². The lowest BCUT2D eigenvalue weighted by Crippen LogP contribution is -2.17. The van der Waals surface area contributed by atoms with Crippen LogP contribution < -0.4 is 0 Å². The molecule has 0 aliphatic rings. The summed E-state index contributed by atoms with van der Waals surface area (Å²) >= 11 is 0. The van der Waals surface area contributed by atoms with E-state index in [1.54, 1.807) is 42.5 Å². The van der Waals surface area contributed by atoms with Gasteiger partial charge in [-0.2, -0.15) is 4.68 Å². The molecule has 32 heavy (non-hydrogen) atoms. The molecular formula is C23H20FN5O3. The van der Waals surface area contributed by atoms with Gasteiger partial charge in [-0.05, 0) is 60.2 Å². The smallest absolute Gasteiger partial charge is 0.340 e. The molecule has 0 atom stereocenters. The van der Waals surface area contributed by atoms with Crippen molar-refractivity contribution < 1.29 is 18.7 Å². The Hall–Kier alpha value is -4.14. The Morgan fingerprint density at radius 1 is 1.03 bits per heavy atom. The van der Waals surface area contributed by atoms with Gasteiger partial charge in [0, 0.05) is 23.5 Å². The minimum absolute atomic E-state index is 0.245. The van der Waals surface area contributed by atoms with Crippen molar-refractivity contribution in [2.24, 2.45) is 0 Å². The topological polar surface area (TPSA) is 91.9 Å². The lowest BCUT2D eigenvalue weighted by molar-refractivity contribution is 0.0474. The highest BCUT2D eigenvalue weighted by Gasteiger charge is 2.20. The molecule has 2 aromatic carbocycles. The summed E-state index contributed by atoms with van der Waals surface area (Å²) in [5.74, 6) is -1.25. The summed E-state index contributed by atoms with van der Waals surface area (Å²) in [6, 6.07) is 14.7. The summed E-state index contributed by atoms with van der Waals surface area (Å²) < 4.78 is 21.8. The molecule has 0 saturated carbocycles. The SMILES string of the molecule is Cc1cc(C(=O)COC(=O)c2ccccc2-n2cnnn2)c(C)n1Cc1ccc(F)cc1. The Kier molecular flexibility index (Phi) is 5.89. The number of aryl methyl sites for hydroxylation is 1. The molecule has 8 nitrogen and oxygen atoms in total.